The molecule has 1 atom stereocenters. The average molecular weight is 334 g/mol. The minimum absolute atomic E-state index is 0. The lowest BCUT2D eigenvalue weighted by Gasteiger charge is -2.10. The molecule has 0 aliphatic carbocycles. The Balaban J connectivity index is 0.00000162. The molecule has 0 spiro atoms. The van der Waals surface area contributed by atoms with Crippen molar-refractivity contribution in [1.82, 2.24) is 10.6 Å². The minimum Gasteiger partial charge on any atom is -0.354 e. The highest BCUT2D eigenvalue weighted by Gasteiger charge is 2.20. The summed E-state index contributed by atoms with van der Waals surface area (Å²) < 4.78 is 1.08. The lowest BCUT2D eigenvalue weighted by Crippen LogP contribution is -2.41. The average Bonchev–Trinajstić information content (AvgIpc) is 2.85. The van der Waals surface area contributed by atoms with Crippen LogP contribution in [0.3, 0.4) is 0 Å². The van der Waals surface area contributed by atoms with Gasteiger partial charge in [0.05, 0.1) is 6.04 Å². The van der Waals surface area contributed by atoms with Gasteiger partial charge in [-0.05, 0) is 43.5 Å². The molecule has 1 fully saturated rings. The van der Waals surface area contributed by atoms with Gasteiger partial charge in [0.25, 0.3) is 0 Å². The van der Waals surface area contributed by atoms with E-state index in [4.69, 9.17) is 0 Å². The number of nitrogens with one attached hydrogen (secondary N) is 2. The molecule has 5 heteroatoms. The Morgan fingerprint density at radius 2 is 2.11 bits per heavy atom. The molecule has 100 valence electrons. The molecule has 0 bridgehead atoms. The van der Waals surface area contributed by atoms with Crippen LogP contribution in [0.4, 0.5) is 0 Å². The molecule has 1 unspecified atom stereocenters. The van der Waals surface area contributed by atoms with Crippen molar-refractivity contribution in [2.24, 2.45) is 0 Å². The van der Waals surface area contributed by atoms with Gasteiger partial charge in [-0.3, -0.25) is 4.79 Å². The molecule has 18 heavy (non-hydrogen) atoms. The number of carbonyl (C=O) groups is 1. The Morgan fingerprint density at radius 1 is 1.39 bits per heavy atom. The molecule has 1 saturated heterocycles. The molecule has 0 aromatic heterocycles. The van der Waals surface area contributed by atoms with Gasteiger partial charge in [0.1, 0.15) is 0 Å². The summed E-state index contributed by atoms with van der Waals surface area (Å²) in [4.78, 5) is 11.7. The molecule has 0 radical (unpaired) electrons. The van der Waals surface area contributed by atoms with Gasteiger partial charge < -0.3 is 10.6 Å². The number of amides is 1. The summed E-state index contributed by atoms with van der Waals surface area (Å²) in [5.74, 6) is 0.139. The highest BCUT2D eigenvalue weighted by Crippen LogP contribution is 2.10. The van der Waals surface area contributed by atoms with Crippen LogP contribution in [0.5, 0.6) is 0 Å². The fraction of sp³-hybridized carbons (Fsp3) is 0.462. The second-order valence-electron chi connectivity index (χ2n) is 4.32. The first-order valence-corrected chi connectivity index (χ1v) is 6.80. The quantitative estimate of drug-likeness (QED) is 0.887. The Bertz CT molecular complexity index is 377. The van der Waals surface area contributed by atoms with Crippen LogP contribution in [-0.4, -0.2) is 25.0 Å². The molecule has 1 aromatic rings. The van der Waals surface area contributed by atoms with Crippen LogP contribution in [-0.2, 0) is 11.2 Å². The third kappa shape index (κ3) is 4.59. The normalized spacial score (nSPS) is 18.2. The summed E-state index contributed by atoms with van der Waals surface area (Å²) in [5.41, 5.74) is 1.24. The predicted octanol–water partition coefficient (Wildman–Crippen LogP) is 2.28. The summed E-state index contributed by atoms with van der Waals surface area (Å²) in [6.45, 7) is 1.67. The van der Waals surface area contributed by atoms with Crippen molar-refractivity contribution >= 4 is 34.2 Å². The first kappa shape index (κ1) is 15.5. The van der Waals surface area contributed by atoms with E-state index >= 15 is 0 Å². The molecule has 1 amide bonds. The van der Waals surface area contributed by atoms with Crippen LogP contribution in [0.25, 0.3) is 0 Å². The van der Waals surface area contributed by atoms with Gasteiger partial charge in [-0.15, -0.1) is 12.4 Å². The van der Waals surface area contributed by atoms with Crippen molar-refractivity contribution in [1.29, 1.82) is 0 Å². The van der Waals surface area contributed by atoms with Gasteiger partial charge in [-0.1, -0.05) is 28.1 Å². The molecule has 2 rings (SSSR count). The third-order valence-electron chi connectivity index (χ3n) is 3.00. The number of hydrogen-bond acceptors (Lipinski definition) is 2. The van der Waals surface area contributed by atoms with Crippen LogP contribution in [0.1, 0.15) is 18.4 Å². The number of carbonyl (C=O) groups excluding carboxylic acids is 1. The highest BCUT2D eigenvalue weighted by atomic mass is 79.9. The van der Waals surface area contributed by atoms with Gasteiger partial charge in [0.15, 0.2) is 0 Å². The molecule has 2 N–H and O–H groups in total. The first-order chi connectivity index (χ1) is 8.25. The summed E-state index contributed by atoms with van der Waals surface area (Å²) in [6.07, 6.45) is 2.95. The maximum Gasteiger partial charge on any atom is 0.237 e. The fourth-order valence-electron chi connectivity index (χ4n) is 2.01. The predicted molar refractivity (Wildman–Crippen MR) is 79.1 cm³/mol. The molecule has 1 aromatic carbocycles. The van der Waals surface area contributed by atoms with Crippen LogP contribution >= 0.6 is 28.3 Å². The van der Waals surface area contributed by atoms with Gasteiger partial charge in [-0.2, -0.15) is 0 Å². The smallest absolute Gasteiger partial charge is 0.237 e. The molecule has 3 nitrogen and oxygen atoms in total. The maximum absolute atomic E-state index is 11.7. The van der Waals surface area contributed by atoms with E-state index in [1.165, 1.54) is 5.56 Å². The van der Waals surface area contributed by atoms with E-state index in [0.717, 1.165) is 30.3 Å². The summed E-state index contributed by atoms with van der Waals surface area (Å²) in [7, 11) is 0. The van der Waals surface area contributed by atoms with Crippen LogP contribution in [0.15, 0.2) is 28.7 Å². The number of halogens is 2. The van der Waals surface area contributed by atoms with Crippen LogP contribution in [0, 0.1) is 0 Å². The van der Waals surface area contributed by atoms with E-state index < -0.39 is 0 Å². The van der Waals surface area contributed by atoms with E-state index in [1.807, 2.05) is 12.1 Å². The second-order valence-corrected chi connectivity index (χ2v) is 5.23. The van der Waals surface area contributed by atoms with E-state index in [0.29, 0.717) is 6.54 Å². The topological polar surface area (TPSA) is 41.1 Å². The maximum atomic E-state index is 11.7. The molecule has 1 aliphatic heterocycles. The zero-order valence-electron chi connectivity index (χ0n) is 10.1. The second kappa shape index (κ2) is 7.77. The standard InChI is InChI=1S/C13H17BrN2O.ClH/c14-11-5-3-10(4-6-11)7-9-16-13(17)12-2-1-8-15-12;/h3-6,12,15H,1-2,7-9H2,(H,16,17);1H. The van der Waals surface area contributed by atoms with Crippen LogP contribution < -0.4 is 10.6 Å². The van der Waals surface area contributed by atoms with Crippen molar-refractivity contribution < 1.29 is 4.79 Å². The van der Waals surface area contributed by atoms with Gasteiger partial charge in [0.2, 0.25) is 5.91 Å². The van der Waals surface area contributed by atoms with Crippen molar-refractivity contribution in [2.45, 2.75) is 25.3 Å². The molecule has 1 aliphatic rings. The molecular formula is C13H18BrClN2O. The Kier molecular flexibility index (Phi) is 6.68. The van der Waals surface area contributed by atoms with Gasteiger partial charge in [0, 0.05) is 11.0 Å². The Morgan fingerprint density at radius 3 is 2.72 bits per heavy atom. The fourth-order valence-corrected chi connectivity index (χ4v) is 2.28. The van der Waals surface area contributed by atoms with Crippen LogP contribution in [0.2, 0.25) is 0 Å². The zero-order chi connectivity index (χ0) is 12.1. The first-order valence-electron chi connectivity index (χ1n) is 6.01. The largest absolute Gasteiger partial charge is 0.354 e. The Hall–Kier alpha value is -0.580. The third-order valence-corrected chi connectivity index (χ3v) is 3.53. The summed E-state index contributed by atoms with van der Waals surface area (Å²) in [5, 5.41) is 6.17. The summed E-state index contributed by atoms with van der Waals surface area (Å²) in [6, 6.07) is 8.22. The molecule has 1 heterocycles. The van der Waals surface area contributed by atoms with Gasteiger partial charge >= 0.3 is 0 Å². The number of hydrogen-bond donors (Lipinski definition) is 2. The van der Waals surface area contributed by atoms with E-state index in [-0.39, 0.29) is 24.4 Å². The van der Waals surface area contributed by atoms with E-state index in [2.05, 4.69) is 38.7 Å². The molecular weight excluding hydrogens is 316 g/mol. The van der Waals surface area contributed by atoms with Crippen molar-refractivity contribution in [2.75, 3.05) is 13.1 Å². The van der Waals surface area contributed by atoms with Crippen molar-refractivity contribution in [3.8, 4) is 0 Å². The lowest BCUT2D eigenvalue weighted by atomic mass is 10.1. The zero-order valence-corrected chi connectivity index (χ0v) is 12.5. The SMILES string of the molecule is Cl.O=C(NCCc1ccc(Br)cc1)C1CCCN1. The summed E-state index contributed by atoms with van der Waals surface area (Å²) >= 11 is 3.40. The number of rotatable bonds is 4. The van der Waals surface area contributed by atoms with Crippen molar-refractivity contribution in [3.05, 3.63) is 34.3 Å². The monoisotopic (exact) mass is 332 g/mol. The highest BCUT2D eigenvalue weighted by molar-refractivity contribution is 9.10. The van der Waals surface area contributed by atoms with Gasteiger partial charge in [-0.25, -0.2) is 0 Å². The lowest BCUT2D eigenvalue weighted by molar-refractivity contribution is -0.122. The van der Waals surface area contributed by atoms with E-state index in [1.54, 1.807) is 0 Å². The van der Waals surface area contributed by atoms with Crippen molar-refractivity contribution in [3.63, 3.8) is 0 Å². The minimum atomic E-state index is 0. The number of benzene rings is 1. The molecule has 0 saturated carbocycles. The Labute approximate surface area is 122 Å². The van der Waals surface area contributed by atoms with E-state index in [9.17, 15) is 4.79 Å².